The van der Waals surface area contributed by atoms with E-state index >= 15 is 0 Å². The van der Waals surface area contributed by atoms with Crippen molar-refractivity contribution in [3.63, 3.8) is 0 Å². The van der Waals surface area contributed by atoms with Gasteiger partial charge in [-0.25, -0.2) is 0 Å². The van der Waals surface area contributed by atoms with Crippen LogP contribution in [0.15, 0.2) is 36.0 Å². The molecule has 6 atom stereocenters. The maximum absolute atomic E-state index is 11.4. The molecular formula is C24H34O4. The molecule has 4 heteroatoms. The van der Waals surface area contributed by atoms with E-state index in [-0.39, 0.29) is 23.9 Å². The van der Waals surface area contributed by atoms with E-state index in [9.17, 15) is 15.0 Å². The lowest BCUT2D eigenvalue weighted by Crippen LogP contribution is -2.19. The Morgan fingerprint density at radius 1 is 1.46 bits per heavy atom. The Kier molecular flexibility index (Phi) is 9.02. The fourth-order valence-corrected chi connectivity index (χ4v) is 4.16. The first-order chi connectivity index (χ1) is 13.5. The molecule has 0 saturated heterocycles. The molecule has 0 aromatic heterocycles. The Morgan fingerprint density at radius 3 is 2.96 bits per heavy atom. The Balaban J connectivity index is 1.86. The summed E-state index contributed by atoms with van der Waals surface area (Å²) in [6.07, 6.45) is 12.8. The molecule has 2 aliphatic carbocycles. The van der Waals surface area contributed by atoms with Crippen molar-refractivity contribution in [3.8, 4) is 11.8 Å². The number of carbonyl (C=O) groups excluding carboxylic acids is 1. The fraction of sp³-hybridized carbons (Fsp3) is 0.625. The average molecular weight is 387 g/mol. The monoisotopic (exact) mass is 386 g/mol. The third-order valence-electron chi connectivity index (χ3n) is 5.77. The van der Waals surface area contributed by atoms with Gasteiger partial charge >= 0.3 is 5.97 Å². The Bertz CT molecular complexity index is 664. The highest BCUT2D eigenvalue weighted by Crippen LogP contribution is 2.47. The molecule has 0 spiro atoms. The minimum Gasteiger partial charge on any atom is -0.466 e. The predicted octanol–water partition coefficient (Wildman–Crippen LogP) is 3.80. The van der Waals surface area contributed by atoms with Crippen LogP contribution in [0.2, 0.25) is 0 Å². The van der Waals surface area contributed by atoms with Crippen LogP contribution in [0, 0.1) is 35.5 Å². The molecule has 154 valence electrons. The van der Waals surface area contributed by atoms with Crippen LogP contribution in [0.5, 0.6) is 0 Å². The van der Waals surface area contributed by atoms with Gasteiger partial charge in [0.2, 0.25) is 0 Å². The lowest BCUT2D eigenvalue weighted by atomic mass is 9.88. The number of hydrogen-bond acceptors (Lipinski definition) is 4. The Hall–Kier alpha value is -1.83. The van der Waals surface area contributed by atoms with Crippen molar-refractivity contribution in [1.29, 1.82) is 0 Å². The van der Waals surface area contributed by atoms with Gasteiger partial charge in [0.25, 0.3) is 0 Å². The van der Waals surface area contributed by atoms with E-state index < -0.39 is 6.10 Å². The van der Waals surface area contributed by atoms with E-state index in [0.29, 0.717) is 37.7 Å². The van der Waals surface area contributed by atoms with Crippen LogP contribution in [0.3, 0.4) is 0 Å². The highest BCUT2D eigenvalue weighted by molar-refractivity contribution is 5.69. The molecule has 2 N–H and O–H groups in total. The first kappa shape index (κ1) is 22.5. The van der Waals surface area contributed by atoms with E-state index in [0.717, 1.165) is 12.8 Å². The topological polar surface area (TPSA) is 66.8 Å². The zero-order valence-electron chi connectivity index (χ0n) is 17.3. The molecule has 4 nitrogen and oxygen atoms in total. The van der Waals surface area contributed by atoms with E-state index in [1.165, 1.54) is 5.57 Å². The van der Waals surface area contributed by atoms with Crippen molar-refractivity contribution in [2.75, 3.05) is 6.61 Å². The second kappa shape index (κ2) is 11.2. The van der Waals surface area contributed by atoms with Crippen LogP contribution in [0.1, 0.15) is 52.9 Å². The fourth-order valence-electron chi connectivity index (χ4n) is 4.16. The predicted molar refractivity (Wildman–Crippen MR) is 111 cm³/mol. The van der Waals surface area contributed by atoms with Crippen LogP contribution in [-0.2, 0) is 9.53 Å². The molecule has 0 aromatic rings. The summed E-state index contributed by atoms with van der Waals surface area (Å²) < 4.78 is 4.93. The van der Waals surface area contributed by atoms with Crippen molar-refractivity contribution in [2.45, 2.75) is 65.1 Å². The summed E-state index contributed by atoms with van der Waals surface area (Å²) in [6, 6.07) is 0. The second-order valence-corrected chi connectivity index (χ2v) is 7.88. The molecule has 2 aliphatic rings. The summed E-state index contributed by atoms with van der Waals surface area (Å²) in [7, 11) is 0. The van der Waals surface area contributed by atoms with Gasteiger partial charge in [-0.2, -0.15) is 0 Å². The Labute approximate surface area is 169 Å². The van der Waals surface area contributed by atoms with Gasteiger partial charge < -0.3 is 14.9 Å². The van der Waals surface area contributed by atoms with Crippen LogP contribution >= 0.6 is 0 Å². The number of fused-ring (bicyclic) bond motifs is 1. The maximum atomic E-state index is 11.4. The standard InChI is InChI=1S/C24H34O4/c1-4-6-9-17(3)22(25)13-12-20-21-15-18(14-19(21)16-23(20)26)10-7-8-11-24(27)28-5-2/h7,10,12-14,17,19-23,25-26H,5,8-9,11,15-16H2,1-3H3/t17?,19-,20-,21-,22-,23+/m0/s1. The highest BCUT2D eigenvalue weighted by atomic mass is 16.5. The summed E-state index contributed by atoms with van der Waals surface area (Å²) in [5.74, 6) is 6.64. The molecule has 1 unspecified atom stereocenters. The van der Waals surface area contributed by atoms with Crippen molar-refractivity contribution < 1.29 is 19.7 Å². The van der Waals surface area contributed by atoms with Gasteiger partial charge in [-0.3, -0.25) is 4.79 Å². The molecule has 0 heterocycles. The van der Waals surface area contributed by atoms with Gasteiger partial charge in [0.05, 0.1) is 18.8 Å². The van der Waals surface area contributed by atoms with Gasteiger partial charge in [0.15, 0.2) is 0 Å². The van der Waals surface area contributed by atoms with Crippen molar-refractivity contribution in [3.05, 3.63) is 36.0 Å². The number of carbonyl (C=O) groups is 1. The van der Waals surface area contributed by atoms with Crippen molar-refractivity contribution in [1.82, 2.24) is 0 Å². The van der Waals surface area contributed by atoms with Crippen molar-refractivity contribution in [2.24, 2.45) is 23.7 Å². The van der Waals surface area contributed by atoms with E-state index in [1.54, 1.807) is 6.92 Å². The van der Waals surface area contributed by atoms with E-state index in [2.05, 4.69) is 24.0 Å². The quantitative estimate of drug-likeness (QED) is 0.359. The third-order valence-corrected chi connectivity index (χ3v) is 5.77. The first-order valence-corrected chi connectivity index (χ1v) is 10.4. The SMILES string of the molecule is CC#CCC(C)[C@@H](O)C=C[C@H]1[C@H]2CC(C=CCCC(=O)OCC)=C[C@H]2C[C@H]1O. The summed E-state index contributed by atoms with van der Waals surface area (Å²) >= 11 is 0. The molecule has 1 fully saturated rings. The molecule has 0 amide bonds. The zero-order chi connectivity index (χ0) is 20.5. The lowest BCUT2D eigenvalue weighted by molar-refractivity contribution is -0.143. The minimum atomic E-state index is -0.538. The molecule has 0 aromatic carbocycles. The number of rotatable bonds is 9. The number of ether oxygens (including phenoxy) is 1. The average Bonchev–Trinajstić information content (AvgIpc) is 3.18. The molecular weight excluding hydrogens is 352 g/mol. The lowest BCUT2D eigenvalue weighted by Gasteiger charge is -2.19. The number of aliphatic hydroxyl groups is 2. The second-order valence-electron chi connectivity index (χ2n) is 7.88. The molecule has 1 saturated carbocycles. The summed E-state index contributed by atoms with van der Waals surface area (Å²) in [6.45, 7) is 6.03. The van der Waals surface area contributed by atoms with Gasteiger partial charge in [0.1, 0.15) is 0 Å². The van der Waals surface area contributed by atoms with Crippen molar-refractivity contribution >= 4 is 5.97 Å². The Morgan fingerprint density at radius 2 is 2.25 bits per heavy atom. The number of esters is 1. The number of aliphatic hydroxyl groups excluding tert-OH is 2. The molecule has 0 bridgehead atoms. The summed E-state index contributed by atoms with van der Waals surface area (Å²) in [4.78, 5) is 11.4. The van der Waals surface area contributed by atoms with Gasteiger partial charge in [-0.1, -0.05) is 42.9 Å². The smallest absolute Gasteiger partial charge is 0.306 e. The van der Waals surface area contributed by atoms with Crippen LogP contribution in [0.4, 0.5) is 0 Å². The van der Waals surface area contributed by atoms with Gasteiger partial charge in [-0.15, -0.1) is 11.8 Å². The minimum absolute atomic E-state index is 0.0748. The molecule has 28 heavy (non-hydrogen) atoms. The number of allylic oxidation sites excluding steroid dienone is 4. The van der Waals surface area contributed by atoms with E-state index in [4.69, 9.17) is 4.74 Å². The normalized spacial score (nSPS) is 28.7. The molecule has 2 rings (SSSR count). The molecule has 0 radical (unpaired) electrons. The number of hydrogen-bond donors (Lipinski definition) is 2. The van der Waals surface area contributed by atoms with E-state index in [1.807, 2.05) is 32.1 Å². The van der Waals surface area contributed by atoms with Crippen LogP contribution in [-0.4, -0.2) is 35.0 Å². The van der Waals surface area contributed by atoms with Crippen LogP contribution in [0.25, 0.3) is 0 Å². The largest absolute Gasteiger partial charge is 0.466 e. The van der Waals surface area contributed by atoms with Gasteiger partial charge in [-0.05, 0) is 50.9 Å². The third kappa shape index (κ3) is 6.36. The highest BCUT2D eigenvalue weighted by Gasteiger charge is 2.43. The molecule has 0 aliphatic heterocycles. The maximum Gasteiger partial charge on any atom is 0.306 e. The zero-order valence-corrected chi connectivity index (χ0v) is 17.3. The summed E-state index contributed by atoms with van der Waals surface area (Å²) in [5, 5.41) is 20.8. The summed E-state index contributed by atoms with van der Waals surface area (Å²) in [5.41, 5.74) is 1.27. The van der Waals surface area contributed by atoms with Gasteiger partial charge in [0, 0.05) is 18.8 Å². The van der Waals surface area contributed by atoms with Crippen LogP contribution < -0.4 is 0 Å². The first-order valence-electron chi connectivity index (χ1n) is 10.4.